The van der Waals surface area contributed by atoms with Crippen molar-refractivity contribution >= 4 is 55.8 Å². The number of methoxy groups -OCH3 is 1. The van der Waals surface area contributed by atoms with Crippen molar-refractivity contribution in [1.29, 1.82) is 0 Å². The van der Waals surface area contributed by atoms with Crippen LogP contribution in [0.25, 0.3) is 10.9 Å². The Bertz CT molecular complexity index is 1130. The van der Waals surface area contributed by atoms with Gasteiger partial charge in [-0.05, 0) is 61.6 Å². The van der Waals surface area contributed by atoms with E-state index in [0.717, 1.165) is 15.9 Å². The molecular weight excluding hydrogens is 458 g/mol. The van der Waals surface area contributed by atoms with E-state index in [4.69, 9.17) is 17.0 Å². The molecule has 10 heteroatoms. The van der Waals surface area contributed by atoms with E-state index in [1.807, 2.05) is 6.07 Å². The normalized spacial score (nSPS) is 10.4. The van der Waals surface area contributed by atoms with Gasteiger partial charge in [-0.15, -0.1) is 0 Å². The number of thiocarbonyl (C=S) groups is 1. The first kappa shape index (κ1) is 20.7. The predicted molar refractivity (Wildman–Crippen MR) is 119 cm³/mol. The first-order valence-electron chi connectivity index (χ1n) is 8.54. The summed E-state index contributed by atoms with van der Waals surface area (Å²) in [5.41, 5.74) is 6.11. The molecule has 0 bridgehead atoms. The van der Waals surface area contributed by atoms with Crippen LogP contribution in [-0.4, -0.2) is 27.7 Å². The first-order valence-corrected chi connectivity index (χ1v) is 9.74. The van der Waals surface area contributed by atoms with Crippen LogP contribution in [0.5, 0.6) is 5.75 Å². The van der Waals surface area contributed by atoms with Crippen LogP contribution in [0.15, 0.2) is 51.7 Å². The molecule has 0 fully saturated rings. The Morgan fingerprint density at radius 2 is 1.93 bits per heavy atom. The number of aromatic nitrogens is 2. The molecule has 1 heterocycles. The molecule has 3 aromatic rings. The van der Waals surface area contributed by atoms with E-state index < -0.39 is 5.91 Å². The fourth-order valence-corrected chi connectivity index (χ4v) is 3.17. The van der Waals surface area contributed by atoms with E-state index in [1.54, 1.807) is 50.4 Å². The summed E-state index contributed by atoms with van der Waals surface area (Å²) in [6.07, 6.45) is 0. The summed E-state index contributed by atoms with van der Waals surface area (Å²) in [4.78, 5) is 29.4. The van der Waals surface area contributed by atoms with Crippen LogP contribution in [0.4, 0.5) is 5.69 Å². The van der Waals surface area contributed by atoms with Crippen LogP contribution in [0.2, 0.25) is 0 Å². The topological polar surface area (TPSA) is 97.3 Å². The number of rotatable bonds is 4. The molecule has 1 amide bonds. The number of hydrogen-bond donors (Lipinski definition) is 3. The molecule has 0 atom stereocenters. The molecule has 0 radical (unpaired) electrons. The third kappa shape index (κ3) is 5.09. The number of hydrazine groups is 1. The number of nitrogens with one attached hydrogen (secondary N) is 3. The number of hydrogen-bond acceptors (Lipinski definition) is 5. The molecule has 0 aliphatic rings. The summed E-state index contributed by atoms with van der Waals surface area (Å²) in [6.45, 7) is 1.48. The second-order valence-corrected chi connectivity index (χ2v) is 7.39. The highest BCUT2D eigenvalue weighted by molar-refractivity contribution is 9.10. The van der Waals surface area contributed by atoms with Gasteiger partial charge in [0.05, 0.1) is 18.0 Å². The van der Waals surface area contributed by atoms with E-state index in [9.17, 15) is 9.59 Å². The van der Waals surface area contributed by atoms with E-state index in [2.05, 4.69) is 37.1 Å². The second-order valence-electron chi connectivity index (χ2n) is 6.07. The monoisotopic (exact) mass is 475 g/mol. The maximum absolute atomic E-state index is 12.7. The SMILES string of the molecule is COc1ccc(NC(=S)NNC(=O)Cn2c(C)nc3ccc(Br)cc3c2=O)cc1. The fourth-order valence-electron chi connectivity index (χ4n) is 2.64. The van der Waals surface area contributed by atoms with Crippen LogP contribution < -0.4 is 26.5 Å². The molecule has 0 unspecified atom stereocenters. The van der Waals surface area contributed by atoms with Gasteiger partial charge in [-0.1, -0.05) is 15.9 Å². The zero-order valence-electron chi connectivity index (χ0n) is 15.7. The van der Waals surface area contributed by atoms with Crippen molar-refractivity contribution in [3.05, 3.63) is 63.1 Å². The lowest BCUT2D eigenvalue weighted by atomic mass is 10.2. The smallest absolute Gasteiger partial charge is 0.261 e. The van der Waals surface area contributed by atoms with Crippen LogP contribution in [0, 0.1) is 6.92 Å². The third-order valence-electron chi connectivity index (χ3n) is 4.07. The third-order valence-corrected chi connectivity index (χ3v) is 4.77. The lowest BCUT2D eigenvalue weighted by molar-refractivity contribution is -0.122. The number of carbonyl (C=O) groups is 1. The summed E-state index contributed by atoms with van der Waals surface area (Å²) in [7, 11) is 1.58. The predicted octanol–water partition coefficient (Wildman–Crippen LogP) is 2.49. The fraction of sp³-hybridized carbons (Fsp3) is 0.158. The van der Waals surface area contributed by atoms with E-state index in [-0.39, 0.29) is 17.2 Å². The molecule has 3 N–H and O–H groups in total. The van der Waals surface area contributed by atoms with E-state index >= 15 is 0 Å². The second kappa shape index (κ2) is 9.01. The van der Waals surface area contributed by atoms with Gasteiger partial charge in [0.15, 0.2) is 5.11 Å². The largest absolute Gasteiger partial charge is 0.497 e. The van der Waals surface area contributed by atoms with E-state index in [0.29, 0.717) is 16.7 Å². The molecule has 0 saturated carbocycles. The minimum atomic E-state index is -0.440. The Labute approximate surface area is 180 Å². The van der Waals surface area contributed by atoms with Crippen molar-refractivity contribution in [1.82, 2.24) is 20.4 Å². The van der Waals surface area contributed by atoms with Gasteiger partial charge in [0, 0.05) is 10.2 Å². The summed E-state index contributed by atoms with van der Waals surface area (Å²) >= 11 is 8.50. The number of benzene rings is 2. The Morgan fingerprint density at radius 1 is 1.21 bits per heavy atom. The average Bonchev–Trinajstić information content (AvgIpc) is 2.71. The summed E-state index contributed by atoms with van der Waals surface area (Å²) in [6, 6.07) is 12.4. The number of ether oxygens (including phenoxy) is 1. The molecule has 3 rings (SSSR count). The number of amides is 1. The standard InChI is InChI=1S/C19H18BrN5O3S/c1-11-21-16-8-3-12(20)9-15(16)18(27)25(11)10-17(26)23-24-19(29)22-13-4-6-14(28-2)7-5-13/h3-9H,10H2,1-2H3,(H,23,26)(H2,22,24,29). The number of anilines is 1. The van der Waals surface area contributed by atoms with Crippen LogP contribution in [-0.2, 0) is 11.3 Å². The lowest BCUT2D eigenvalue weighted by Gasteiger charge is -2.14. The molecule has 29 heavy (non-hydrogen) atoms. The maximum atomic E-state index is 12.7. The minimum Gasteiger partial charge on any atom is -0.497 e. The summed E-state index contributed by atoms with van der Waals surface area (Å²) in [5.74, 6) is 0.726. The summed E-state index contributed by atoms with van der Waals surface area (Å²) < 4.78 is 7.17. The maximum Gasteiger partial charge on any atom is 0.261 e. The quantitative estimate of drug-likeness (QED) is 0.393. The number of aryl methyl sites for hydroxylation is 1. The highest BCUT2D eigenvalue weighted by Gasteiger charge is 2.12. The van der Waals surface area contributed by atoms with Gasteiger partial charge in [-0.2, -0.15) is 0 Å². The van der Waals surface area contributed by atoms with Gasteiger partial charge in [-0.25, -0.2) is 4.98 Å². The van der Waals surface area contributed by atoms with Crippen LogP contribution in [0.1, 0.15) is 5.82 Å². The van der Waals surface area contributed by atoms with E-state index in [1.165, 1.54) is 4.57 Å². The van der Waals surface area contributed by atoms with Crippen molar-refractivity contribution in [2.75, 3.05) is 12.4 Å². The van der Waals surface area contributed by atoms with Crippen molar-refractivity contribution in [2.24, 2.45) is 0 Å². The molecule has 150 valence electrons. The number of fused-ring (bicyclic) bond motifs is 1. The van der Waals surface area contributed by atoms with Gasteiger partial charge in [0.2, 0.25) is 0 Å². The Morgan fingerprint density at radius 3 is 2.62 bits per heavy atom. The number of nitrogens with zero attached hydrogens (tertiary/aromatic N) is 2. The Kier molecular flexibility index (Phi) is 6.45. The molecular formula is C19H18BrN5O3S. The highest BCUT2D eigenvalue weighted by Crippen LogP contribution is 2.16. The van der Waals surface area contributed by atoms with Gasteiger partial charge < -0.3 is 10.1 Å². The first-order chi connectivity index (χ1) is 13.9. The Hall–Kier alpha value is -2.98. The number of carbonyl (C=O) groups excluding carboxylic acids is 1. The zero-order valence-corrected chi connectivity index (χ0v) is 18.1. The average molecular weight is 476 g/mol. The van der Waals surface area contributed by atoms with Crippen molar-refractivity contribution in [3.8, 4) is 5.75 Å². The lowest BCUT2D eigenvalue weighted by Crippen LogP contribution is -2.46. The molecule has 1 aromatic heterocycles. The van der Waals surface area contributed by atoms with Gasteiger partial charge in [0.1, 0.15) is 18.1 Å². The molecule has 0 spiro atoms. The molecule has 8 nitrogen and oxygen atoms in total. The van der Waals surface area contributed by atoms with Crippen molar-refractivity contribution in [2.45, 2.75) is 13.5 Å². The zero-order chi connectivity index (χ0) is 21.0. The van der Waals surface area contributed by atoms with Crippen molar-refractivity contribution in [3.63, 3.8) is 0 Å². The molecule has 0 aliphatic carbocycles. The van der Waals surface area contributed by atoms with Crippen molar-refractivity contribution < 1.29 is 9.53 Å². The van der Waals surface area contributed by atoms with Gasteiger partial charge in [-0.3, -0.25) is 25.0 Å². The molecule has 0 aliphatic heterocycles. The Balaban J connectivity index is 1.63. The molecule has 2 aromatic carbocycles. The highest BCUT2D eigenvalue weighted by atomic mass is 79.9. The molecule has 0 saturated heterocycles. The summed E-state index contributed by atoms with van der Waals surface area (Å²) in [5, 5.41) is 3.56. The number of halogens is 1. The van der Waals surface area contributed by atoms with Gasteiger partial charge in [0.25, 0.3) is 11.5 Å². The minimum absolute atomic E-state index is 0.196. The van der Waals surface area contributed by atoms with Crippen LogP contribution in [0.3, 0.4) is 0 Å². The van der Waals surface area contributed by atoms with Crippen LogP contribution >= 0.6 is 28.1 Å². The van der Waals surface area contributed by atoms with Gasteiger partial charge >= 0.3 is 0 Å².